The van der Waals surface area contributed by atoms with Gasteiger partial charge in [-0.1, -0.05) is 6.92 Å². The van der Waals surface area contributed by atoms with E-state index in [2.05, 4.69) is 15.3 Å². The van der Waals surface area contributed by atoms with E-state index in [-0.39, 0.29) is 30.4 Å². The summed E-state index contributed by atoms with van der Waals surface area (Å²) in [6.45, 7) is 3.54. The molecule has 0 bridgehead atoms. The maximum atomic E-state index is 13.3. The van der Waals surface area contributed by atoms with E-state index < -0.39 is 5.82 Å². The molecule has 7 heteroatoms. The average Bonchev–Trinajstić information content (AvgIpc) is 2.28. The van der Waals surface area contributed by atoms with Gasteiger partial charge in [0.05, 0.1) is 12.7 Å². The lowest BCUT2D eigenvalue weighted by Gasteiger charge is -2.17. The van der Waals surface area contributed by atoms with E-state index in [1.54, 1.807) is 0 Å². The van der Waals surface area contributed by atoms with Gasteiger partial charge in [0.1, 0.15) is 6.10 Å². The van der Waals surface area contributed by atoms with Gasteiger partial charge in [0.25, 0.3) is 5.88 Å². The zero-order valence-corrected chi connectivity index (χ0v) is 9.74. The Hall–Kier alpha value is -1.92. The van der Waals surface area contributed by atoms with Crippen LogP contribution in [-0.4, -0.2) is 28.5 Å². The summed E-state index contributed by atoms with van der Waals surface area (Å²) in [5.74, 6) is -1.11. The molecular weight excluding hydrogens is 227 g/mol. The molecule has 0 saturated carbocycles. The molecule has 0 saturated heterocycles. The first kappa shape index (κ1) is 13.1. The topological polar surface area (TPSA) is 90.1 Å². The molecule has 0 aliphatic rings. The van der Waals surface area contributed by atoms with E-state index in [1.165, 1.54) is 6.92 Å². The summed E-state index contributed by atoms with van der Waals surface area (Å²) < 4.78 is 18.6. The summed E-state index contributed by atoms with van der Waals surface area (Å²) >= 11 is 0. The van der Waals surface area contributed by atoms with Crippen LogP contribution in [0.1, 0.15) is 20.3 Å². The van der Waals surface area contributed by atoms with E-state index in [9.17, 15) is 9.18 Å². The Kier molecular flexibility index (Phi) is 4.62. The maximum Gasteiger partial charge on any atom is 0.255 e. The van der Waals surface area contributed by atoms with Gasteiger partial charge in [-0.2, -0.15) is 9.37 Å². The summed E-state index contributed by atoms with van der Waals surface area (Å²) in [5, 5.41) is 2.59. The van der Waals surface area contributed by atoms with Crippen LogP contribution < -0.4 is 15.8 Å². The molecule has 3 N–H and O–H groups in total. The number of nitrogens with two attached hydrogens (primary N) is 1. The number of hydrogen-bond donors (Lipinski definition) is 2. The number of nitrogen functional groups attached to an aromatic ring is 1. The fourth-order valence-electron chi connectivity index (χ4n) is 1.13. The van der Waals surface area contributed by atoms with Gasteiger partial charge in [-0.15, -0.1) is 0 Å². The molecule has 6 nitrogen and oxygen atoms in total. The molecule has 0 fully saturated rings. The van der Waals surface area contributed by atoms with Crippen molar-refractivity contribution in [2.45, 2.75) is 26.4 Å². The van der Waals surface area contributed by atoms with Crippen molar-refractivity contribution in [1.29, 1.82) is 0 Å². The molecular formula is C10H15FN4O2. The smallest absolute Gasteiger partial charge is 0.255 e. The number of nitrogens with zero attached hydrogens (tertiary/aromatic N) is 2. The lowest BCUT2D eigenvalue weighted by atomic mass is 10.3. The minimum Gasteiger partial charge on any atom is -0.470 e. The Morgan fingerprint density at radius 2 is 2.41 bits per heavy atom. The molecule has 1 heterocycles. The Labute approximate surface area is 98.4 Å². The largest absolute Gasteiger partial charge is 0.470 e. The number of anilines is 1. The molecule has 94 valence electrons. The third-order valence-corrected chi connectivity index (χ3v) is 2.04. The quantitative estimate of drug-likeness (QED) is 0.784. The van der Waals surface area contributed by atoms with E-state index in [4.69, 9.17) is 10.5 Å². The number of aromatic nitrogens is 2. The number of ether oxygens (including phenoxy) is 1. The Morgan fingerprint density at radius 1 is 1.71 bits per heavy atom. The van der Waals surface area contributed by atoms with Gasteiger partial charge in [0.15, 0.2) is 0 Å². The number of rotatable bonds is 5. The van der Waals surface area contributed by atoms with Crippen LogP contribution in [0, 0.1) is 5.82 Å². The van der Waals surface area contributed by atoms with Crippen molar-refractivity contribution in [3.63, 3.8) is 0 Å². The van der Waals surface area contributed by atoms with Crippen LogP contribution in [0.4, 0.5) is 10.3 Å². The highest BCUT2D eigenvalue weighted by atomic mass is 19.1. The first-order chi connectivity index (χ1) is 8.02. The van der Waals surface area contributed by atoms with Crippen LogP contribution in [0.3, 0.4) is 0 Å². The third kappa shape index (κ3) is 4.21. The van der Waals surface area contributed by atoms with Gasteiger partial charge in [-0.25, -0.2) is 4.98 Å². The van der Waals surface area contributed by atoms with E-state index >= 15 is 0 Å². The molecule has 1 aromatic rings. The lowest BCUT2D eigenvalue weighted by molar-refractivity contribution is -0.119. The molecule has 1 atom stereocenters. The summed E-state index contributed by atoms with van der Waals surface area (Å²) in [4.78, 5) is 17.9. The van der Waals surface area contributed by atoms with Crippen molar-refractivity contribution in [1.82, 2.24) is 15.3 Å². The predicted molar refractivity (Wildman–Crippen MR) is 59.8 cm³/mol. The first-order valence-corrected chi connectivity index (χ1v) is 5.22. The van der Waals surface area contributed by atoms with Gasteiger partial charge in [-0.05, 0) is 6.42 Å². The highest BCUT2D eigenvalue weighted by Gasteiger charge is 2.14. The summed E-state index contributed by atoms with van der Waals surface area (Å²) in [7, 11) is 0. The Bertz CT molecular complexity index is 400. The molecule has 0 aromatic carbocycles. The lowest BCUT2D eigenvalue weighted by Crippen LogP contribution is -2.34. The fourth-order valence-corrected chi connectivity index (χ4v) is 1.13. The van der Waals surface area contributed by atoms with Gasteiger partial charge in [0, 0.05) is 6.92 Å². The van der Waals surface area contributed by atoms with Crippen LogP contribution in [0.15, 0.2) is 6.20 Å². The zero-order valence-electron chi connectivity index (χ0n) is 9.74. The number of amides is 1. The maximum absolute atomic E-state index is 13.3. The number of hydrogen-bond acceptors (Lipinski definition) is 5. The van der Waals surface area contributed by atoms with Crippen molar-refractivity contribution in [3.05, 3.63) is 12.0 Å². The Balaban J connectivity index is 2.66. The van der Waals surface area contributed by atoms with Crippen molar-refractivity contribution < 1.29 is 13.9 Å². The first-order valence-electron chi connectivity index (χ1n) is 5.22. The second-order valence-electron chi connectivity index (χ2n) is 3.47. The fraction of sp³-hybridized carbons (Fsp3) is 0.500. The van der Waals surface area contributed by atoms with Crippen molar-refractivity contribution in [3.8, 4) is 5.88 Å². The van der Waals surface area contributed by atoms with Gasteiger partial charge in [0.2, 0.25) is 17.7 Å². The van der Waals surface area contributed by atoms with E-state index in [0.29, 0.717) is 6.42 Å². The highest BCUT2D eigenvalue weighted by Crippen LogP contribution is 2.15. The minimum absolute atomic E-state index is 0.0595. The summed E-state index contributed by atoms with van der Waals surface area (Å²) in [5.41, 5.74) is 5.33. The molecule has 0 aliphatic carbocycles. The zero-order chi connectivity index (χ0) is 12.8. The van der Waals surface area contributed by atoms with E-state index in [1.807, 2.05) is 6.92 Å². The molecule has 17 heavy (non-hydrogen) atoms. The summed E-state index contributed by atoms with van der Waals surface area (Å²) in [6.07, 6.45) is 1.19. The van der Waals surface area contributed by atoms with Gasteiger partial charge >= 0.3 is 0 Å². The van der Waals surface area contributed by atoms with Crippen LogP contribution in [-0.2, 0) is 4.79 Å². The number of carbonyl (C=O) groups excluding carboxylic acids is 1. The van der Waals surface area contributed by atoms with Crippen molar-refractivity contribution >= 4 is 11.9 Å². The normalized spacial score (nSPS) is 11.9. The molecule has 0 spiro atoms. The second kappa shape index (κ2) is 5.97. The molecule has 1 unspecified atom stereocenters. The minimum atomic E-state index is -0.680. The average molecular weight is 242 g/mol. The third-order valence-electron chi connectivity index (χ3n) is 2.04. The van der Waals surface area contributed by atoms with E-state index in [0.717, 1.165) is 6.20 Å². The van der Waals surface area contributed by atoms with Crippen LogP contribution in [0.5, 0.6) is 5.88 Å². The molecule has 1 rings (SSSR count). The molecule has 1 aromatic heterocycles. The predicted octanol–water partition coefficient (Wildman–Crippen LogP) is 0.491. The van der Waals surface area contributed by atoms with Crippen LogP contribution in [0.2, 0.25) is 0 Å². The van der Waals surface area contributed by atoms with Crippen LogP contribution in [0.25, 0.3) is 0 Å². The molecule has 0 aliphatic heterocycles. The van der Waals surface area contributed by atoms with Gasteiger partial charge < -0.3 is 15.8 Å². The van der Waals surface area contributed by atoms with Crippen molar-refractivity contribution in [2.24, 2.45) is 0 Å². The second-order valence-corrected chi connectivity index (χ2v) is 3.47. The van der Waals surface area contributed by atoms with Crippen LogP contribution >= 0.6 is 0 Å². The highest BCUT2D eigenvalue weighted by molar-refractivity contribution is 5.72. The SMILES string of the molecule is CCC(CNC(C)=O)Oc1nc(N)ncc1F. The number of nitrogens with one attached hydrogen (secondary N) is 1. The summed E-state index contributed by atoms with van der Waals surface area (Å²) in [6, 6.07) is 0. The Morgan fingerprint density at radius 3 is 3.00 bits per heavy atom. The van der Waals surface area contributed by atoms with Crippen molar-refractivity contribution in [2.75, 3.05) is 12.3 Å². The molecule has 1 amide bonds. The van der Waals surface area contributed by atoms with Gasteiger partial charge in [-0.3, -0.25) is 4.79 Å². The number of carbonyl (C=O) groups is 1. The standard InChI is InChI=1S/C10H15FN4O2/c1-3-7(4-13-6(2)16)17-9-8(11)5-14-10(12)15-9/h5,7H,3-4H2,1-2H3,(H,13,16)(H2,12,14,15). The number of halogens is 1. The molecule has 0 radical (unpaired) electrons. The monoisotopic (exact) mass is 242 g/mol.